The number of hydrogen-bond acceptors (Lipinski definition) is 1. The lowest BCUT2D eigenvalue weighted by molar-refractivity contribution is -0.348. The number of benzene rings is 2. The largest absolute Gasteiger partial charge is 0.435 e. The van der Waals surface area contributed by atoms with Crippen molar-refractivity contribution in [1.82, 2.24) is 0 Å². The van der Waals surface area contributed by atoms with Gasteiger partial charge in [0.15, 0.2) is 0 Å². The molecular formula is C21H13BrF11NO. The summed E-state index contributed by atoms with van der Waals surface area (Å²) >= 11 is 2.38. The molecule has 0 aliphatic heterocycles. The summed E-state index contributed by atoms with van der Waals surface area (Å²) in [7, 11) is 0. The molecule has 0 atom stereocenters. The highest BCUT2D eigenvalue weighted by molar-refractivity contribution is 9.10. The van der Waals surface area contributed by atoms with E-state index in [0.29, 0.717) is 0 Å². The van der Waals surface area contributed by atoms with Crippen molar-refractivity contribution in [3.8, 4) is 0 Å². The fourth-order valence-corrected chi connectivity index (χ4v) is 3.93. The Morgan fingerprint density at radius 2 is 1.51 bits per heavy atom. The second-order valence-electron chi connectivity index (χ2n) is 7.91. The summed E-state index contributed by atoms with van der Waals surface area (Å²) in [6.07, 6.45) is -17.0. The second-order valence-corrected chi connectivity index (χ2v) is 8.77. The van der Waals surface area contributed by atoms with Gasteiger partial charge >= 0.3 is 24.2 Å². The summed E-state index contributed by atoms with van der Waals surface area (Å²) in [5, 5.41) is 1.66. The predicted octanol–water partition coefficient (Wildman–Crippen LogP) is 8.10. The van der Waals surface area contributed by atoms with Gasteiger partial charge in [0.25, 0.3) is 5.91 Å². The van der Waals surface area contributed by atoms with Gasteiger partial charge in [-0.15, -0.1) is 0 Å². The molecule has 2 aromatic carbocycles. The molecule has 0 aromatic heterocycles. The number of carbonyl (C=O) groups is 1. The summed E-state index contributed by atoms with van der Waals surface area (Å²) in [6, 6.07) is 2.71. The average Bonchev–Trinajstić information content (AvgIpc) is 3.51. The van der Waals surface area contributed by atoms with Crippen LogP contribution in [0.4, 0.5) is 54.0 Å². The molecule has 1 aliphatic rings. The van der Waals surface area contributed by atoms with Crippen LogP contribution in [0.5, 0.6) is 0 Å². The van der Waals surface area contributed by atoms with Crippen molar-refractivity contribution < 1.29 is 53.1 Å². The number of halogens is 12. The highest BCUT2D eigenvalue weighted by Crippen LogP contribution is 2.55. The molecular weight excluding hydrogens is 571 g/mol. The van der Waals surface area contributed by atoms with Gasteiger partial charge in [-0.05, 0) is 64.9 Å². The van der Waals surface area contributed by atoms with E-state index in [0.717, 1.165) is 18.9 Å². The summed E-state index contributed by atoms with van der Waals surface area (Å²) < 4.78 is 147. The van der Waals surface area contributed by atoms with Gasteiger partial charge in [-0.3, -0.25) is 4.79 Å². The van der Waals surface area contributed by atoms with Gasteiger partial charge in [-0.25, -0.2) is 8.78 Å². The van der Waals surface area contributed by atoms with Crippen LogP contribution >= 0.6 is 15.9 Å². The van der Waals surface area contributed by atoms with Crippen LogP contribution in [0.2, 0.25) is 0 Å². The van der Waals surface area contributed by atoms with Crippen LogP contribution in [-0.2, 0) is 18.3 Å². The minimum atomic E-state index is -6.66. The van der Waals surface area contributed by atoms with Crippen LogP contribution in [-0.4, -0.2) is 18.3 Å². The zero-order valence-corrected chi connectivity index (χ0v) is 18.6. The second kappa shape index (κ2) is 8.93. The number of hydrogen-bond donors (Lipinski definition) is 1. The third-order valence-electron chi connectivity index (χ3n) is 5.34. The minimum absolute atomic E-state index is 0.114. The van der Waals surface area contributed by atoms with Crippen LogP contribution in [0.25, 0.3) is 0 Å². The lowest BCUT2D eigenvalue weighted by atomic mass is 9.92. The Kier molecular flexibility index (Phi) is 6.94. The number of carbonyl (C=O) groups excluding carboxylic acids is 1. The van der Waals surface area contributed by atoms with Gasteiger partial charge in [0.05, 0.1) is 16.8 Å². The van der Waals surface area contributed by atoms with Crippen molar-refractivity contribution in [3.63, 3.8) is 0 Å². The maximum Gasteiger partial charge on any atom is 0.435 e. The lowest BCUT2D eigenvalue weighted by Crippen LogP contribution is -2.50. The number of alkyl halides is 10. The maximum atomic E-state index is 14.7. The monoisotopic (exact) mass is 583 g/mol. The first kappa shape index (κ1) is 27.2. The van der Waals surface area contributed by atoms with Crippen molar-refractivity contribution in [2.24, 2.45) is 5.92 Å². The Morgan fingerprint density at radius 3 is 2.00 bits per heavy atom. The maximum absolute atomic E-state index is 14.7. The Hall–Kier alpha value is -2.38. The summed E-state index contributed by atoms with van der Waals surface area (Å²) in [4.78, 5) is 12.5. The molecule has 0 saturated heterocycles. The molecule has 0 heterocycles. The number of rotatable bonds is 5. The van der Waals surface area contributed by atoms with Crippen LogP contribution in [0.1, 0.15) is 39.9 Å². The molecule has 2 nitrogen and oxygen atoms in total. The smallest absolute Gasteiger partial charge is 0.320 e. The Morgan fingerprint density at radius 1 is 0.943 bits per heavy atom. The van der Waals surface area contributed by atoms with Gasteiger partial charge in [0.1, 0.15) is 5.82 Å². The lowest BCUT2D eigenvalue weighted by Gasteiger charge is -2.31. The van der Waals surface area contributed by atoms with Crippen molar-refractivity contribution in [2.45, 2.75) is 43.5 Å². The van der Waals surface area contributed by atoms with Crippen molar-refractivity contribution >= 4 is 27.5 Å². The number of anilines is 1. The van der Waals surface area contributed by atoms with Crippen LogP contribution in [0.15, 0.2) is 34.8 Å². The predicted molar refractivity (Wildman–Crippen MR) is 105 cm³/mol. The molecule has 192 valence electrons. The van der Waals surface area contributed by atoms with E-state index in [-0.39, 0.29) is 24.0 Å². The number of nitrogens with one attached hydrogen (secondary N) is 1. The number of amides is 1. The van der Waals surface area contributed by atoms with E-state index in [4.69, 9.17) is 0 Å². The molecule has 0 spiro atoms. The van der Waals surface area contributed by atoms with Crippen molar-refractivity contribution in [1.29, 1.82) is 0 Å². The van der Waals surface area contributed by atoms with E-state index >= 15 is 0 Å². The Bertz CT molecular complexity index is 1120. The van der Waals surface area contributed by atoms with Gasteiger partial charge in [-0.1, -0.05) is 12.1 Å². The van der Waals surface area contributed by atoms with E-state index in [9.17, 15) is 53.1 Å². The van der Waals surface area contributed by atoms with Crippen LogP contribution in [0, 0.1) is 11.7 Å². The van der Waals surface area contributed by atoms with Crippen LogP contribution in [0.3, 0.4) is 0 Å². The normalized spacial score (nSPS) is 15.3. The zero-order valence-electron chi connectivity index (χ0n) is 17.0. The molecule has 1 fully saturated rings. The topological polar surface area (TPSA) is 29.1 Å². The van der Waals surface area contributed by atoms with E-state index in [2.05, 4.69) is 15.9 Å². The molecule has 35 heavy (non-hydrogen) atoms. The SMILES string of the molecule is O=C(Nc1c(Br)cc(C(F)(C(F)(F)F)C(F)(F)F)cc1C(F)(F)F)c1cccc(CC2CC2)c1F. The fraction of sp³-hybridized carbons (Fsp3) is 0.381. The Labute approximate surface area is 198 Å². The summed E-state index contributed by atoms with van der Waals surface area (Å²) in [5.74, 6) is -2.29. The third kappa shape index (κ3) is 5.26. The fourth-order valence-electron chi connectivity index (χ4n) is 3.37. The van der Waals surface area contributed by atoms with E-state index in [1.807, 2.05) is 0 Å². The highest BCUT2D eigenvalue weighted by atomic mass is 79.9. The molecule has 14 heteroatoms. The molecule has 1 N–H and O–H groups in total. The average molecular weight is 584 g/mol. The molecule has 1 saturated carbocycles. The van der Waals surface area contributed by atoms with Crippen LogP contribution < -0.4 is 5.32 Å². The third-order valence-corrected chi connectivity index (χ3v) is 5.97. The zero-order chi connectivity index (χ0) is 26.6. The van der Waals surface area contributed by atoms with Crippen molar-refractivity contribution in [3.05, 3.63) is 62.9 Å². The molecule has 0 radical (unpaired) electrons. The van der Waals surface area contributed by atoms with Gasteiger partial charge in [-0.2, -0.15) is 39.5 Å². The molecule has 1 aliphatic carbocycles. The quantitative estimate of drug-likeness (QED) is 0.354. The Balaban J connectivity index is 2.10. The van der Waals surface area contributed by atoms with E-state index < -0.39 is 68.8 Å². The van der Waals surface area contributed by atoms with Gasteiger partial charge in [0.2, 0.25) is 0 Å². The minimum Gasteiger partial charge on any atom is -0.320 e. The van der Waals surface area contributed by atoms with E-state index in [1.165, 1.54) is 12.1 Å². The molecule has 0 bridgehead atoms. The molecule has 1 amide bonds. The van der Waals surface area contributed by atoms with Gasteiger partial charge < -0.3 is 5.32 Å². The summed E-state index contributed by atoms with van der Waals surface area (Å²) in [5.41, 5.74) is -12.7. The highest BCUT2D eigenvalue weighted by Gasteiger charge is 2.73. The standard InChI is InChI=1S/C21H13BrF11NO/c22-14-8-11(18(24,20(28,29)30)21(31,32)33)7-13(19(25,26)27)16(14)34-17(35)12-3-1-2-10(15(12)23)6-9-4-5-9/h1-3,7-9H,4-6H2,(H,34,35). The molecule has 2 aromatic rings. The first-order valence-electron chi connectivity index (χ1n) is 9.70. The molecule has 3 rings (SSSR count). The first-order chi connectivity index (χ1) is 15.9. The molecule has 0 unspecified atom stereocenters. The van der Waals surface area contributed by atoms with Crippen molar-refractivity contribution in [2.75, 3.05) is 5.32 Å². The van der Waals surface area contributed by atoms with E-state index in [1.54, 1.807) is 5.32 Å². The summed E-state index contributed by atoms with van der Waals surface area (Å²) in [6.45, 7) is 0. The van der Waals surface area contributed by atoms with Gasteiger partial charge in [0, 0.05) is 10.0 Å². The first-order valence-corrected chi connectivity index (χ1v) is 10.5.